The van der Waals surface area contributed by atoms with Crippen LogP contribution in [0.1, 0.15) is 58.7 Å². The fraction of sp³-hybridized carbons (Fsp3) is 0.786. The molecule has 0 aliphatic carbocycles. The molecule has 0 aliphatic rings. The molecule has 0 saturated heterocycles. The van der Waals surface area contributed by atoms with Crippen LogP contribution in [0.4, 0.5) is 0 Å². The Hall–Kier alpha value is -0.830. The van der Waals surface area contributed by atoms with Gasteiger partial charge in [0.25, 0.3) is 0 Å². The van der Waals surface area contributed by atoms with Crippen molar-refractivity contribution >= 4 is 0 Å². The Morgan fingerprint density at radius 3 is 2.71 bits per heavy atom. The summed E-state index contributed by atoms with van der Waals surface area (Å²) in [6, 6.07) is 0. The summed E-state index contributed by atoms with van der Waals surface area (Å²) in [4.78, 5) is 4.35. The zero-order valence-corrected chi connectivity index (χ0v) is 11.4. The van der Waals surface area contributed by atoms with Crippen LogP contribution in [0.3, 0.4) is 0 Å². The van der Waals surface area contributed by atoms with Crippen LogP contribution < -0.4 is 0 Å². The van der Waals surface area contributed by atoms with Crippen molar-refractivity contribution in [3.8, 4) is 0 Å². The van der Waals surface area contributed by atoms with Gasteiger partial charge in [-0.2, -0.15) is 0 Å². The molecule has 17 heavy (non-hydrogen) atoms. The molecule has 0 spiro atoms. The van der Waals surface area contributed by atoms with Gasteiger partial charge in [0.15, 0.2) is 0 Å². The minimum absolute atomic E-state index is 0.619. The average Bonchev–Trinajstić information content (AvgIpc) is 2.66. The quantitative estimate of drug-likeness (QED) is 0.706. The molecule has 3 heteroatoms. The molecular formula is C14H26N2O. The van der Waals surface area contributed by atoms with E-state index >= 15 is 0 Å². The molecular weight excluding hydrogens is 212 g/mol. The molecule has 1 rings (SSSR count). The summed E-state index contributed by atoms with van der Waals surface area (Å²) in [6.45, 7) is 7.25. The number of aliphatic hydroxyl groups is 1. The number of nitrogens with zero attached hydrogens (tertiary/aromatic N) is 2. The predicted octanol–water partition coefficient (Wildman–Crippen LogP) is 3.17. The maximum absolute atomic E-state index is 10.4. The van der Waals surface area contributed by atoms with Gasteiger partial charge in [0, 0.05) is 25.4 Å². The highest BCUT2D eigenvalue weighted by atomic mass is 16.3. The maximum atomic E-state index is 10.4. The molecule has 0 radical (unpaired) electrons. The first-order valence-corrected chi connectivity index (χ1v) is 6.81. The Balaban J connectivity index is 2.52. The molecule has 0 amide bonds. The van der Waals surface area contributed by atoms with Crippen molar-refractivity contribution in [2.24, 2.45) is 0 Å². The summed E-state index contributed by atoms with van der Waals surface area (Å²) in [5.74, 6) is 1.01. The maximum Gasteiger partial charge on any atom is 0.111 e. The minimum Gasteiger partial charge on any atom is -0.390 e. The van der Waals surface area contributed by atoms with Gasteiger partial charge in [-0.3, -0.25) is 0 Å². The van der Waals surface area contributed by atoms with Crippen LogP contribution in [0.2, 0.25) is 0 Å². The molecule has 0 fully saturated rings. The topological polar surface area (TPSA) is 38.1 Å². The Bertz CT molecular complexity index is 318. The summed E-state index contributed by atoms with van der Waals surface area (Å²) in [7, 11) is 0. The first kappa shape index (κ1) is 14.2. The first-order valence-electron chi connectivity index (χ1n) is 6.81. The number of aromatic nitrogens is 2. The van der Waals surface area contributed by atoms with Crippen LogP contribution in [-0.4, -0.2) is 20.3 Å². The summed E-state index contributed by atoms with van der Waals surface area (Å²) < 4.78 is 2.15. The number of hydrogen-bond donors (Lipinski definition) is 1. The molecule has 0 saturated carbocycles. The monoisotopic (exact) mass is 238 g/mol. The van der Waals surface area contributed by atoms with Crippen LogP contribution in [0.15, 0.2) is 12.4 Å². The second-order valence-corrected chi connectivity index (χ2v) is 5.17. The van der Waals surface area contributed by atoms with E-state index in [2.05, 4.69) is 23.4 Å². The summed E-state index contributed by atoms with van der Waals surface area (Å²) >= 11 is 0. The van der Waals surface area contributed by atoms with Gasteiger partial charge >= 0.3 is 0 Å². The third-order valence-corrected chi connectivity index (χ3v) is 3.12. The Morgan fingerprint density at radius 1 is 1.29 bits per heavy atom. The summed E-state index contributed by atoms with van der Waals surface area (Å²) in [5, 5.41) is 10.4. The van der Waals surface area contributed by atoms with Crippen molar-refractivity contribution in [2.75, 3.05) is 0 Å². The van der Waals surface area contributed by atoms with Crippen LogP contribution in [0, 0.1) is 0 Å². The number of aryl methyl sites for hydroxylation is 1. The van der Waals surface area contributed by atoms with E-state index < -0.39 is 5.60 Å². The third kappa shape index (κ3) is 4.90. The molecule has 1 aromatic rings. The minimum atomic E-state index is -0.619. The fourth-order valence-electron chi connectivity index (χ4n) is 2.14. The molecule has 3 nitrogen and oxygen atoms in total. The molecule has 1 unspecified atom stereocenters. The van der Waals surface area contributed by atoms with Gasteiger partial charge < -0.3 is 9.67 Å². The lowest BCUT2D eigenvalue weighted by Crippen LogP contribution is -2.28. The van der Waals surface area contributed by atoms with E-state index in [-0.39, 0.29) is 0 Å². The lowest BCUT2D eigenvalue weighted by molar-refractivity contribution is 0.0457. The van der Waals surface area contributed by atoms with Crippen molar-refractivity contribution in [1.82, 2.24) is 9.55 Å². The largest absolute Gasteiger partial charge is 0.390 e. The van der Waals surface area contributed by atoms with E-state index in [1.54, 1.807) is 0 Å². The van der Waals surface area contributed by atoms with E-state index in [0.717, 1.165) is 31.6 Å². The molecule has 0 aromatic carbocycles. The van der Waals surface area contributed by atoms with E-state index in [1.165, 1.54) is 12.8 Å². The standard InChI is InChI=1S/C14H26N2O/c1-4-6-7-8-14(3,17)12-13-15-9-11-16(13)10-5-2/h9,11,17H,4-8,10,12H2,1-3H3. The molecule has 98 valence electrons. The highest BCUT2D eigenvalue weighted by Crippen LogP contribution is 2.19. The van der Waals surface area contributed by atoms with E-state index in [9.17, 15) is 5.11 Å². The lowest BCUT2D eigenvalue weighted by atomic mass is 9.94. The van der Waals surface area contributed by atoms with Crippen LogP contribution >= 0.6 is 0 Å². The van der Waals surface area contributed by atoms with Gasteiger partial charge in [-0.1, -0.05) is 33.1 Å². The third-order valence-electron chi connectivity index (χ3n) is 3.12. The average molecular weight is 238 g/mol. The molecule has 1 heterocycles. The number of rotatable bonds is 8. The fourth-order valence-corrected chi connectivity index (χ4v) is 2.14. The predicted molar refractivity (Wildman–Crippen MR) is 71.0 cm³/mol. The van der Waals surface area contributed by atoms with Gasteiger partial charge in [0.1, 0.15) is 5.82 Å². The van der Waals surface area contributed by atoms with Gasteiger partial charge in [-0.05, 0) is 19.8 Å². The molecule has 1 aromatic heterocycles. The highest BCUT2D eigenvalue weighted by molar-refractivity contribution is 4.97. The Morgan fingerprint density at radius 2 is 2.06 bits per heavy atom. The molecule has 1 N–H and O–H groups in total. The normalized spacial score (nSPS) is 14.8. The van der Waals surface area contributed by atoms with Crippen LogP contribution in [-0.2, 0) is 13.0 Å². The van der Waals surface area contributed by atoms with Gasteiger partial charge in [0.2, 0.25) is 0 Å². The highest BCUT2D eigenvalue weighted by Gasteiger charge is 2.22. The van der Waals surface area contributed by atoms with Crippen LogP contribution in [0.25, 0.3) is 0 Å². The molecule has 1 atom stereocenters. The molecule has 0 aliphatic heterocycles. The molecule has 0 bridgehead atoms. The lowest BCUT2D eigenvalue weighted by Gasteiger charge is -2.23. The second kappa shape index (κ2) is 6.80. The summed E-state index contributed by atoms with van der Waals surface area (Å²) in [6.07, 6.45) is 9.93. The van der Waals surface area contributed by atoms with E-state index in [1.807, 2.05) is 19.3 Å². The van der Waals surface area contributed by atoms with E-state index in [0.29, 0.717) is 6.42 Å². The van der Waals surface area contributed by atoms with Crippen molar-refractivity contribution in [2.45, 2.75) is 71.4 Å². The van der Waals surface area contributed by atoms with E-state index in [4.69, 9.17) is 0 Å². The van der Waals surface area contributed by atoms with Gasteiger partial charge in [-0.25, -0.2) is 4.98 Å². The Kier molecular flexibility index (Phi) is 5.69. The van der Waals surface area contributed by atoms with Crippen molar-refractivity contribution < 1.29 is 5.11 Å². The number of imidazole rings is 1. The van der Waals surface area contributed by atoms with Gasteiger partial charge in [-0.15, -0.1) is 0 Å². The number of unbranched alkanes of at least 4 members (excludes halogenated alkanes) is 2. The number of hydrogen-bond acceptors (Lipinski definition) is 2. The zero-order chi connectivity index (χ0) is 12.7. The SMILES string of the molecule is CCCCCC(C)(O)Cc1nccn1CCC. The second-order valence-electron chi connectivity index (χ2n) is 5.17. The first-order chi connectivity index (χ1) is 8.09. The van der Waals surface area contributed by atoms with Crippen molar-refractivity contribution in [3.63, 3.8) is 0 Å². The van der Waals surface area contributed by atoms with Crippen molar-refractivity contribution in [3.05, 3.63) is 18.2 Å². The van der Waals surface area contributed by atoms with Gasteiger partial charge in [0.05, 0.1) is 5.60 Å². The van der Waals surface area contributed by atoms with Crippen molar-refractivity contribution in [1.29, 1.82) is 0 Å². The van der Waals surface area contributed by atoms with Crippen LogP contribution in [0.5, 0.6) is 0 Å². The smallest absolute Gasteiger partial charge is 0.111 e. The Labute approximate surface area is 105 Å². The zero-order valence-electron chi connectivity index (χ0n) is 11.4. The summed E-state index contributed by atoms with van der Waals surface area (Å²) in [5.41, 5.74) is -0.619.